The molecule has 0 saturated carbocycles. The van der Waals surface area contributed by atoms with Gasteiger partial charge in [0.1, 0.15) is 7.85 Å². The normalized spacial score (nSPS) is 11.3. The lowest BCUT2D eigenvalue weighted by Gasteiger charge is -2.02. The average molecular weight is 206 g/mol. The third-order valence-corrected chi connectivity index (χ3v) is 1.94. The second kappa shape index (κ2) is 5.62. The van der Waals surface area contributed by atoms with Crippen molar-refractivity contribution in [1.29, 1.82) is 5.26 Å². The number of nitriles is 1. The molecule has 0 spiro atoms. The minimum atomic E-state index is 0.456. The molecular weight excluding hydrogens is 195 g/mol. The fourth-order valence-corrected chi connectivity index (χ4v) is 1.20. The number of nitrogens with two attached hydrogens (primary N) is 1. The van der Waals surface area contributed by atoms with Gasteiger partial charge in [-0.1, -0.05) is 30.4 Å². The van der Waals surface area contributed by atoms with Crippen molar-refractivity contribution in [3.05, 3.63) is 65.7 Å². The third-order valence-electron chi connectivity index (χ3n) is 1.94. The van der Waals surface area contributed by atoms with E-state index in [9.17, 15) is 0 Å². The van der Waals surface area contributed by atoms with Crippen LogP contribution in [0.1, 0.15) is 11.1 Å². The van der Waals surface area contributed by atoms with Gasteiger partial charge in [0.15, 0.2) is 0 Å². The lowest BCUT2D eigenvalue weighted by molar-refractivity contribution is 1.43. The number of benzene rings is 1. The van der Waals surface area contributed by atoms with Gasteiger partial charge in [-0.3, -0.25) is 0 Å². The molecule has 76 valence electrons. The van der Waals surface area contributed by atoms with Gasteiger partial charge in [0.25, 0.3) is 0 Å². The molecule has 1 aromatic rings. The van der Waals surface area contributed by atoms with Gasteiger partial charge in [-0.2, -0.15) is 5.26 Å². The Morgan fingerprint density at radius 1 is 1.44 bits per heavy atom. The molecule has 0 heterocycles. The van der Waals surface area contributed by atoms with E-state index in [1.165, 1.54) is 0 Å². The zero-order chi connectivity index (χ0) is 12.0. The molecule has 0 fully saturated rings. The predicted octanol–water partition coefficient (Wildman–Crippen LogP) is 2.10. The summed E-state index contributed by atoms with van der Waals surface area (Å²) in [6.07, 6.45) is 5.03. The van der Waals surface area contributed by atoms with Crippen LogP contribution in [0.2, 0.25) is 0 Å². The maximum Gasteiger partial charge on any atom is 0.112 e. The third kappa shape index (κ3) is 3.18. The van der Waals surface area contributed by atoms with Crippen molar-refractivity contribution in [1.82, 2.24) is 0 Å². The summed E-state index contributed by atoms with van der Waals surface area (Å²) in [6, 6.07) is 9.25. The summed E-state index contributed by atoms with van der Waals surface area (Å²) in [7, 11) is 5.37. The van der Waals surface area contributed by atoms with Crippen molar-refractivity contribution in [2.24, 2.45) is 5.73 Å². The van der Waals surface area contributed by atoms with Gasteiger partial charge >= 0.3 is 0 Å². The Labute approximate surface area is 96.8 Å². The highest BCUT2D eigenvalue weighted by Crippen LogP contribution is 2.14. The molecular formula is C13H11BN2. The van der Waals surface area contributed by atoms with Crippen molar-refractivity contribution in [2.75, 3.05) is 0 Å². The summed E-state index contributed by atoms with van der Waals surface area (Å²) in [4.78, 5) is 0. The van der Waals surface area contributed by atoms with E-state index in [0.717, 1.165) is 5.56 Å². The lowest BCUT2D eigenvalue weighted by Crippen LogP contribution is -1.98. The Kier molecular flexibility index (Phi) is 4.17. The van der Waals surface area contributed by atoms with Crippen molar-refractivity contribution < 1.29 is 0 Å². The Morgan fingerprint density at radius 3 is 2.75 bits per heavy atom. The molecule has 0 aliphatic carbocycles. The van der Waals surface area contributed by atoms with Gasteiger partial charge in [-0.05, 0) is 12.1 Å². The molecule has 0 aromatic heterocycles. The Balaban J connectivity index is 3.01. The molecule has 3 heteroatoms. The standard InChI is InChI=1S/C13H11BN2/c1-10(14)5-4-8-13(16)12-7-3-2-6-11(12)9-15/h2-8H,1,16H2/b5-4-,13-8-. The van der Waals surface area contributed by atoms with Gasteiger partial charge in [0, 0.05) is 11.3 Å². The summed E-state index contributed by atoms with van der Waals surface area (Å²) >= 11 is 0. The van der Waals surface area contributed by atoms with Crippen molar-refractivity contribution in [3.63, 3.8) is 0 Å². The highest BCUT2D eigenvalue weighted by molar-refractivity contribution is 6.23. The van der Waals surface area contributed by atoms with Crippen LogP contribution < -0.4 is 5.73 Å². The number of rotatable bonds is 3. The Bertz CT molecular complexity index is 493. The minimum Gasteiger partial charge on any atom is -0.398 e. The molecule has 0 bridgehead atoms. The second-order valence-electron chi connectivity index (χ2n) is 3.21. The maximum absolute atomic E-state index is 8.90. The summed E-state index contributed by atoms with van der Waals surface area (Å²) < 4.78 is 0. The van der Waals surface area contributed by atoms with Crippen LogP contribution in [0.25, 0.3) is 5.70 Å². The molecule has 0 aliphatic rings. The van der Waals surface area contributed by atoms with Crippen LogP contribution in [-0.2, 0) is 0 Å². The van der Waals surface area contributed by atoms with Gasteiger partial charge in [-0.15, -0.1) is 12.1 Å². The number of allylic oxidation sites excluding steroid dienone is 4. The highest BCUT2D eigenvalue weighted by atomic mass is 14.6. The molecule has 2 nitrogen and oxygen atoms in total. The number of hydrogen-bond acceptors (Lipinski definition) is 2. The molecule has 0 unspecified atom stereocenters. The quantitative estimate of drug-likeness (QED) is 0.608. The van der Waals surface area contributed by atoms with Crippen LogP contribution in [0.4, 0.5) is 0 Å². The second-order valence-corrected chi connectivity index (χ2v) is 3.21. The monoisotopic (exact) mass is 206 g/mol. The van der Waals surface area contributed by atoms with Crippen molar-refractivity contribution in [2.45, 2.75) is 0 Å². The first kappa shape index (κ1) is 11.9. The van der Waals surface area contributed by atoms with Gasteiger partial charge in [0.05, 0.1) is 11.6 Å². The van der Waals surface area contributed by atoms with E-state index >= 15 is 0 Å². The zero-order valence-electron chi connectivity index (χ0n) is 8.85. The van der Waals surface area contributed by atoms with Gasteiger partial charge < -0.3 is 5.73 Å². The smallest absolute Gasteiger partial charge is 0.112 e. The molecule has 0 amide bonds. The Morgan fingerprint density at radius 2 is 2.12 bits per heavy atom. The first-order chi connectivity index (χ1) is 7.65. The van der Waals surface area contributed by atoms with E-state index < -0.39 is 0 Å². The van der Waals surface area contributed by atoms with Crippen molar-refractivity contribution in [3.8, 4) is 6.07 Å². The minimum absolute atomic E-state index is 0.456. The summed E-state index contributed by atoms with van der Waals surface area (Å²) in [5, 5.41) is 8.90. The number of nitrogens with zero attached hydrogens (tertiary/aromatic N) is 1. The highest BCUT2D eigenvalue weighted by Gasteiger charge is 2.01. The Hall–Kier alpha value is -2.21. The molecule has 2 radical (unpaired) electrons. The van der Waals surface area contributed by atoms with Gasteiger partial charge in [0.2, 0.25) is 0 Å². The molecule has 1 aromatic carbocycles. The number of hydrogen-bond donors (Lipinski definition) is 1. The van der Waals surface area contributed by atoms with E-state index in [1.54, 1.807) is 36.4 Å². The molecule has 1 rings (SSSR count). The maximum atomic E-state index is 8.90. The van der Waals surface area contributed by atoms with Crippen LogP contribution in [0.15, 0.2) is 54.5 Å². The fraction of sp³-hybridized carbons (Fsp3) is 0. The average Bonchev–Trinajstić information content (AvgIpc) is 2.28. The van der Waals surface area contributed by atoms with Crippen LogP contribution in [-0.4, -0.2) is 7.85 Å². The van der Waals surface area contributed by atoms with E-state index in [0.29, 0.717) is 16.7 Å². The topological polar surface area (TPSA) is 49.8 Å². The van der Waals surface area contributed by atoms with Crippen LogP contribution in [0.5, 0.6) is 0 Å². The molecule has 0 saturated heterocycles. The van der Waals surface area contributed by atoms with Crippen LogP contribution in [0.3, 0.4) is 0 Å². The first-order valence-corrected chi connectivity index (χ1v) is 4.73. The molecule has 2 N–H and O–H groups in total. The molecule has 0 aliphatic heterocycles. The lowest BCUT2D eigenvalue weighted by atomic mass is 9.97. The van der Waals surface area contributed by atoms with Gasteiger partial charge in [-0.25, -0.2) is 0 Å². The van der Waals surface area contributed by atoms with E-state index in [1.807, 2.05) is 6.07 Å². The largest absolute Gasteiger partial charge is 0.398 e. The predicted molar refractivity (Wildman–Crippen MR) is 67.4 cm³/mol. The molecule has 0 atom stereocenters. The van der Waals surface area contributed by atoms with E-state index in [4.69, 9.17) is 18.8 Å². The summed E-state index contributed by atoms with van der Waals surface area (Å²) in [5.74, 6) is 0. The SMILES string of the molecule is [B]C(=C)/C=C\C=C(/N)c1ccccc1C#N. The van der Waals surface area contributed by atoms with Crippen LogP contribution >= 0.6 is 0 Å². The fourth-order valence-electron chi connectivity index (χ4n) is 1.20. The molecule has 16 heavy (non-hydrogen) atoms. The van der Waals surface area contributed by atoms with E-state index in [-0.39, 0.29) is 0 Å². The van der Waals surface area contributed by atoms with E-state index in [2.05, 4.69) is 12.6 Å². The summed E-state index contributed by atoms with van der Waals surface area (Å²) in [5.41, 5.74) is 8.10. The zero-order valence-corrected chi connectivity index (χ0v) is 8.85. The first-order valence-electron chi connectivity index (χ1n) is 4.73. The van der Waals surface area contributed by atoms with Crippen molar-refractivity contribution >= 4 is 13.5 Å². The summed E-state index contributed by atoms with van der Waals surface area (Å²) in [6.45, 7) is 3.53. The van der Waals surface area contributed by atoms with Crippen LogP contribution in [0, 0.1) is 11.3 Å².